The third-order valence-corrected chi connectivity index (χ3v) is 36.2. The minimum atomic E-state index is -3.61. The molecule has 0 bridgehead atoms. The lowest BCUT2D eigenvalue weighted by Gasteiger charge is -2.24. The molecule has 0 amide bonds. The molecule has 6 aliphatic carbocycles. The predicted molar refractivity (Wildman–Crippen MR) is 565 cm³/mol. The van der Waals surface area contributed by atoms with E-state index in [1.807, 2.05) is 68.7 Å². The van der Waals surface area contributed by atoms with Gasteiger partial charge in [0.15, 0.2) is 5.78 Å². The Balaban J connectivity index is 0.000000201. The molecule has 3 saturated heterocycles. The molecule has 0 atom stereocenters. The van der Waals surface area contributed by atoms with Crippen LogP contribution in [-0.2, 0) is 128 Å². The van der Waals surface area contributed by atoms with E-state index >= 15 is 0 Å². The number of hydrogen-bond donors (Lipinski definition) is 1. The number of carboxylic acid groups (broad SMARTS) is 1. The number of aldehydes is 1. The van der Waals surface area contributed by atoms with Gasteiger partial charge >= 0.3 is 24.1 Å². The molecule has 30 heteroatoms. The number of esters is 2. The summed E-state index contributed by atoms with van der Waals surface area (Å²) < 4.78 is 104. The second-order valence-corrected chi connectivity index (χ2v) is 46.0. The first-order valence-corrected chi connectivity index (χ1v) is 58.0. The molecular weight excluding hydrogens is 1890 g/mol. The number of Topliss-reactive ketones (excluding diaryl/α,β-unsaturated/α-hetero) is 2. The summed E-state index contributed by atoms with van der Waals surface area (Å²) in [5.74, 6) is 1.32. The zero-order valence-corrected chi connectivity index (χ0v) is 90.3. The van der Waals surface area contributed by atoms with Gasteiger partial charge in [-0.05, 0) is 290 Å². The number of carbonyl (C=O) groups is 7. The first kappa shape index (κ1) is 118. The molecule has 27 nitrogen and oxygen atoms in total. The van der Waals surface area contributed by atoms with Crippen LogP contribution in [0, 0.1) is 52.7 Å². The summed E-state index contributed by atoms with van der Waals surface area (Å²) in [5, 5.41) is 9.57. The Morgan fingerprint density at radius 1 is 0.434 bits per heavy atom. The van der Waals surface area contributed by atoms with Crippen LogP contribution in [0.4, 0.5) is 11.4 Å². The molecule has 9 fully saturated rings. The van der Waals surface area contributed by atoms with E-state index in [0.29, 0.717) is 134 Å². The second-order valence-electron chi connectivity index (χ2n) is 40.3. The van der Waals surface area contributed by atoms with Gasteiger partial charge in [-0.25, -0.2) is 34.9 Å². The van der Waals surface area contributed by atoms with E-state index in [1.54, 1.807) is 69.1 Å². The molecule has 6 saturated carbocycles. The number of aryl methyl sites for hydroxylation is 1. The van der Waals surface area contributed by atoms with E-state index < -0.39 is 36.0 Å². The molecule has 7 aromatic rings. The molecule has 9 aliphatic rings. The van der Waals surface area contributed by atoms with Crippen molar-refractivity contribution in [2.45, 2.75) is 397 Å². The zero-order chi connectivity index (χ0) is 105. The number of ether oxygens (including phenoxy) is 2. The highest BCUT2D eigenvalue weighted by atomic mass is 32.2. The minimum absolute atomic E-state index is 0.0185. The van der Waals surface area contributed by atoms with E-state index in [0.717, 1.165) is 198 Å². The topological polar surface area (TPSA) is 333 Å². The number of sulfonamides is 3. The second kappa shape index (κ2) is 60.2. The maximum absolute atomic E-state index is 13.4. The van der Waals surface area contributed by atoms with Crippen molar-refractivity contribution in [1.82, 2.24) is 31.2 Å². The van der Waals surface area contributed by atoms with Gasteiger partial charge in [-0.15, -0.1) is 0 Å². The average molecular weight is 2050 g/mol. The first-order valence-electron chi connectivity index (χ1n) is 53.7. The molecule has 3 aromatic carbocycles. The Morgan fingerprint density at radius 2 is 0.779 bits per heavy atom. The van der Waals surface area contributed by atoms with Crippen molar-refractivity contribution in [3.63, 3.8) is 0 Å². The molecule has 0 spiro atoms. The van der Waals surface area contributed by atoms with E-state index in [-0.39, 0.29) is 71.9 Å². The quantitative estimate of drug-likeness (QED) is 0.0177. The number of carboxylic acids is 1. The van der Waals surface area contributed by atoms with Crippen LogP contribution in [0.5, 0.6) is 0 Å². The molecule has 3 aliphatic heterocycles. The van der Waals surface area contributed by atoms with Crippen molar-refractivity contribution in [3.8, 4) is 0 Å². The lowest BCUT2D eigenvalue weighted by atomic mass is 9.85. The fraction of sp³-hybridized carbons (Fsp3) is 0.600. The van der Waals surface area contributed by atoms with Gasteiger partial charge in [0.25, 0.3) is 0 Å². The number of hydrogen-bond acceptors (Lipinski definition) is 17. The summed E-state index contributed by atoms with van der Waals surface area (Å²) in [4.78, 5) is 104. The molecule has 7 heterocycles. The molecule has 0 radical (unpaired) electrons. The predicted octanol–water partition coefficient (Wildman–Crippen LogP) is 23.7. The Kier molecular flexibility index (Phi) is 49.1. The summed E-state index contributed by atoms with van der Waals surface area (Å²) in [6.45, 7) is 41.5. The zero-order valence-electron chi connectivity index (χ0n) is 87.8. The van der Waals surface area contributed by atoms with E-state index in [2.05, 4.69) is 57.4 Å². The van der Waals surface area contributed by atoms with Gasteiger partial charge in [0, 0.05) is 122 Å². The molecule has 792 valence electrons. The summed E-state index contributed by atoms with van der Waals surface area (Å²) in [6, 6.07) is 28.4. The number of rotatable bonds is 32. The highest BCUT2D eigenvalue weighted by Gasteiger charge is 2.38. The smallest absolute Gasteiger partial charge is 0.373 e. The van der Waals surface area contributed by atoms with Gasteiger partial charge in [-0.3, -0.25) is 24.0 Å². The number of ketones is 3. The van der Waals surface area contributed by atoms with Crippen molar-refractivity contribution in [2.75, 3.05) is 52.5 Å². The summed E-state index contributed by atoms with van der Waals surface area (Å²) in [5.41, 5.74) is 14.5. The van der Waals surface area contributed by atoms with Gasteiger partial charge in [0.05, 0.1) is 41.0 Å². The van der Waals surface area contributed by atoms with Gasteiger partial charge in [-0.1, -0.05) is 184 Å². The van der Waals surface area contributed by atoms with E-state index in [4.69, 9.17) is 32.2 Å². The van der Waals surface area contributed by atoms with Crippen LogP contribution in [0.3, 0.4) is 0 Å². The number of nitrogens with zero attached hydrogens (tertiary/aromatic N) is 9. The van der Waals surface area contributed by atoms with Crippen LogP contribution >= 0.6 is 0 Å². The van der Waals surface area contributed by atoms with Crippen LogP contribution in [0.1, 0.15) is 388 Å². The normalized spacial score (nSPS) is 17.5. The van der Waals surface area contributed by atoms with E-state index in [1.165, 1.54) is 138 Å². The van der Waals surface area contributed by atoms with Gasteiger partial charge in [0.1, 0.15) is 37.5 Å². The first-order chi connectivity index (χ1) is 69.8. The third kappa shape index (κ3) is 33.6. The Morgan fingerprint density at radius 3 is 1.12 bits per heavy atom. The maximum Gasteiger partial charge on any atom is 0.373 e. The molecule has 1 N–H and O–H groups in total. The summed E-state index contributed by atoms with van der Waals surface area (Å²) >= 11 is 0. The largest absolute Gasteiger partial charge is 0.480 e. The standard InChI is InChI=1S/C27H35N3O4S.C26H36N2O4S.C25H31N3O4S.C14H23N.C11H18O2.C7H12O.C4H6O.CO2/c1-4-34-25(31)19-30-20(2)23(26(28-3)27(30)21-12-6-5-7-13-21)18-22-14-8-9-15-24(22)35(32,33)29-16-10-11-17-29;1-3-32-26(29)19-28-20(2)23(18-24(28)21-11-5-4-6-12-21)17-22-13-7-8-14-25(22)33(30,31)27-15-9-10-16-27;1-18-21(16-20-12-6-7-13-22(20)33(31,32)27-14-8-9-15-27)24(26-2)25(28(18)17-23(29)30)19-10-4-3-5-11-19;1-3-11-15-12(2)9-10-14(15)13-7-5-4-6-8-13;1-9(12)7-8-11(13)10-5-3-2-4-6-10;8-6-7-4-2-1-3-5-7;1-3-4(2)5;2-1-3/h8-9,14-15,21H,4-7,10-13,16-19H2,1-2H3;7-8,13-14,18,21H,3-6,9-12,15-17,19H2,1-2H3;6-7,12-13,19H,3-5,8-11,14-17H2,1H3,(H,29,30);9-10,13H,3-8,11H2,1-2H3;10H,2-8H2,1H3;6-7H,1-5H2;3H,1H2,2H3;. The van der Waals surface area contributed by atoms with Crippen molar-refractivity contribution >= 4 is 89.1 Å². The molecule has 145 heavy (non-hydrogen) atoms. The van der Waals surface area contributed by atoms with Crippen LogP contribution in [0.15, 0.2) is 118 Å². The number of aliphatic carboxylic acids is 1. The monoisotopic (exact) mass is 2050 g/mol. The number of aromatic nitrogens is 4. The SMILES string of the molecule is C=CC(C)=O.CC(=O)CCC(=O)C1CCCCC1.CCCn1c(C)ccc1C1CCCCC1.CCOC(=O)Cn1c(C2CCCCC2)cc(Cc2ccccc2S(=O)(=O)N2CCCC2)c1C.O=C=O.O=CC1CCCCC1.[C-]#[N+]c1c(Cc2ccccc2S(=O)(=O)N2CCCC2)c(C)n(CC(=O)O)c1C1CCCCC1.[C-]#[N+]c1c(Cc2ccccc2S(=O)(=O)N2CCCC2)c(C)n(CC(=O)OCC)c1C1CCCCC1. The van der Waals surface area contributed by atoms with Gasteiger partial charge < -0.3 is 42.4 Å². The van der Waals surface area contributed by atoms with Crippen molar-refractivity contribution < 1.29 is 83.0 Å². The fourth-order valence-electron chi connectivity index (χ4n) is 22.5. The summed E-state index contributed by atoms with van der Waals surface area (Å²) in [6.07, 6.45) is 46.9. The Hall–Kier alpha value is -10.3. The van der Waals surface area contributed by atoms with Gasteiger partial charge in [0.2, 0.25) is 41.4 Å². The molecule has 16 rings (SSSR count). The Bertz CT molecular complexity index is 5890. The average Bonchev–Trinajstić information content (AvgIpc) is 1.61. The fourth-order valence-corrected chi connectivity index (χ4v) is 27.7. The Labute approximate surface area is 864 Å². The van der Waals surface area contributed by atoms with Crippen molar-refractivity contribution in [1.29, 1.82) is 0 Å². The van der Waals surface area contributed by atoms with Crippen LogP contribution in [0.25, 0.3) is 9.69 Å². The number of carbonyl (C=O) groups excluding carboxylic acids is 8. The van der Waals surface area contributed by atoms with Crippen molar-refractivity contribution in [3.05, 3.63) is 205 Å². The highest BCUT2D eigenvalue weighted by molar-refractivity contribution is 7.89. The van der Waals surface area contributed by atoms with Crippen LogP contribution < -0.4 is 0 Å². The van der Waals surface area contributed by atoms with Crippen molar-refractivity contribution in [2.24, 2.45) is 11.8 Å². The molecular formula is C115H161N9O18S3. The lowest BCUT2D eigenvalue weighted by molar-refractivity contribution is -0.192. The van der Waals surface area contributed by atoms with Crippen LogP contribution in [0.2, 0.25) is 0 Å². The lowest BCUT2D eigenvalue weighted by Crippen LogP contribution is -2.28. The molecule has 4 aromatic heterocycles. The summed E-state index contributed by atoms with van der Waals surface area (Å²) in [7, 11) is -10.7. The maximum atomic E-state index is 13.4. The minimum Gasteiger partial charge on any atom is -0.480 e. The highest BCUT2D eigenvalue weighted by Crippen LogP contribution is 2.47. The third-order valence-electron chi connectivity index (χ3n) is 30.2. The number of allylic oxidation sites excluding steroid dienone is 1. The number of benzene rings is 3. The van der Waals surface area contributed by atoms with Crippen LogP contribution in [-0.4, -0.2) is 162 Å². The molecule has 0 unspecified atom stereocenters. The van der Waals surface area contributed by atoms with E-state index in [9.17, 15) is 63.9 Å². The van der Waals surface area contributed by atoms with Gasteiger partial charge in [-0.2, -0.15) is 22.5 Å².